The number of hydrogen-bond acceptors (Lipinski definition) is 3. The molecule has 8 heavy (non-hydrogen) atoms. The zero-order chi connectivity index (χ0) is 6.15. The second-order valence-corrected chi connectivity index (χ2v) is 1.33. The highest BCUT2D eigenvalue weighted by Gasteiger charge is 2.21. The maximum atomic E-state index is 10.2. The summed E-state index contributed by atoms with van der Waals surface area (Å²) in [6.07, 6.45) is 2.01. The van der Waals surface area contributed by atoms with Crippen LogP contribution in [0.2, 0.25) is 0 Å². The van der Waals surface area contributed by atoms with Gasteiger partial charge in [-0.15, -0.1) is 0 Å². The molecule has 0 radical (unpaired) electrons. The number of hydroxylamine groups is 2. The molecule has 4 nitrogen and oxygen atoms in total. The Balaban J connectivity index is 2.85. The quantitative estimate of drug-likeness (QED) is 0.334. The fourth-order valence-corrected chi connectivity index (χ4v) is 0.390. The molecule has 0 fully saturated rings. The van der Waals surface area contributed by atoms with Crippen molar-refractivity contribution in [1.82, 2.24) is 5.06 Å². The number of ketones is 1. The van der Waals surface area contributed by atoms with E-state index in [1.165, 1.54) is 0 Å². The molecule has 0 aromatic heterocycles. The van der Waals surface area contributed by atoms with E-state index in [1.54, 1.807) is 0 Å². The summed E-state index contributed by atoms with van der Waals surface area (Å²) in [7, 11) is 0. The van der Waals surface area contributed by atoms with Crippen LogP contribution in [0, 0.1) is 0 Å². The average Bonchev–Trinajstić information content (AvgIpc) is 1.98. The Hall–Kier alpha value is -1.16. The summed E-state index contributed by atoms with van der Waals surface area (Å²) in [6, 6.07) is 0. The minimum Gasteiger partial charge on any atom is -0.284 e. The van der Waals surface area contributed by atoms with Gasteiger partial charge in [0.2, 0.25) is 5.78 Å². The summed E-state index contributed by atoms with van der Waals surface area (Å²) >= 11 is 0. The highest BCUT2D eigenvalue weighted by molar-refractivity contribution is 6.42. The molecule has 0 spiro atoms. The summed E-state index contributed by atoms with van der Waals surface area (Å²) in [5, 5.41) is 8.60. The van der Waals surface area contributed by atoms with Crippen molar-refractivity contribution < 1.29 is 14.8 Å². The minimum absolute atomic E-state index is 0.252. The summed E-state index contributed by atoms with van der Waals surface area (Å²) in [4.78, 5) is 20.3. The first-order valence-electron chi connectivity index (χ1n) is 1.96. The lowest BCUT2D eigenvalue weighted by molar-refractivity contribution is -0.156. The number of hydrogen-bond donors (Lipinski definition) is 1. The molecule has 1 heterocycles. The first-order chi connectivity index (χ1) is 3.72. The van der Waals surface area contributed by atoms with Gasteiger partial charge in [-0.25, -0.2) is 0 Å². The molecule has 0 saturated carbocycles. The van der Waals surface area contributed by atoms with Crippen molar-refractivity contribution in [1.29, 1.82) is 0 Å². The molecule has 1 rings (SSSR count). The van der Waals surface area contributed by atoms with Gasteiger partial charge in [0.1, 0.15) is 0 Å². The summed E-state index contributed by atoms with van der Waals surface area (Å²) in [6.45, 7) is 0. The average molecular weight is 113 g/mol. The number of rotatable bonds is 0. The molecule has 4 heteroatoms. The third-order valence-corrected chi connectivity index (χ3v) is 0.786. The van der Waals surface area contributed by atoms with Crippen molar-refractivity contribution in [2.45, 2.75) is 0 Å². The summed E-state index contributed by atoms with van der Waals surface area (Å²) in [5.41, 5.74) is 0. The lowest BCUT2D eigenvalue weighted by Crippen LogP contribution is -2.21. The third-order valence-electron chi connectivity index (χ3n) is 0.786. The van der Waals surface area contributed by atoms with E-state index >= 15 is 0 Å². The van der Waals surface area contributed by atoms with Crippen molar-refractivity contribution in [3.63, 3.8) is 0 Å². The van der Waals surface area contributed by atoms with E-state index < -0.39 is 11.7 Å². The van der Waals surface area contributed by atoms with Crippen molar-refractivity contribution in [2.75, 3.05) is 0 Å². The predicted molar refractivity (Wildman–Crippen MR) is 22.8 cm³/mol. The second-order valence-electron chi connectivity index (χ2n) is 1.33. The standard InChI is InChI=1S/C4H3NO3/c6-3-1-2-5(8)4(3)7/h1-2,8H. The van der Waals surface area contributed by atoms with Gasteiger partial charge in [-0.1, -0.05) is 0 Å². The topological polar surface area (TPSA) is 57.6 Å². The Morgan fingerprint density at radius 1 is 1.50 bits per heavy atom. The highest BCUT2D eigenvalue weighted by Crippen LogP contribution is 1.96. The Morgan fingerprint density at radius 3 is 2.25 bits per heavy atom. The van der Waals surface area contributed by atoms with Crippen LogP contribution >= 0.6 is 0 Å². The zero-order valence-electron chi connectivity index (χ0n) is 3.87. The number of nitrogens with zero attached hydrogens (tertiary/aromatic N) is 1. The maximum absolute atomic E-state index is 10.2. The lowest BCUT2D eigenvalue weighted by Gasteiger charge is -1.96. The van der Waals surface area contributed by atoms with Crippen LogP contribution in [0.25, 0.3) is 0 Å². The van der Waals surface area contributed by atoms with Gasteiger partial charge in [-0.05, 0) is 0 Å². The molecular weight excluding hydrogens is 110 g/mol. The van der Waals surface area contributed by atoms with Crippen LogP contribution in [-0.2, 0) is 9.59 Å². The molecule has 0 bridgehead atoms. The molecule has 0 atom stereocenters. The fraction of sp³-hybridized carbons (Fsp3) is 0. The summed E-state index contributed by atoms with van der Waals surface area (Å²) < 4.78 is 0. The smallest absolute Gasteiger partial charge is 0.284 e. The van der Waals surface area contributed by atoms with Crippen LogP contribution in [0.15, 0.2) is 12.3 Å². The van der Waals surface area contributed by atoms with E-state index in [1.807, 2.05) is 0 Å². The van der Waals surface area contributed by atoms with Gasteiger partial charge in [0.05, 0.1) is 0 Å². The molecule has 0 aliphatic carbocycles. The molecule has 1 aliphatic heterocycles. The molecule has 0 aromatic carbocycles. The molecule has 1 N–H and O–H groups in total. The van der Waals surface area contributed by atoms with Crippen molar-refractivity contribution in [3.8, 4) is 0 Å². The molecule has 0 saturated heterocycles. The second kappa shape index (κ2) is 1.41. The number of carbonyl (C=O) groups is 2. The number of amides is 1. The Bertz CT molecular complexity index is 172. The van der Waals surface area contributed by atoms with Gasteiger partial charge in [-0.3, -0.25) is 14.8 Å². The first kappa shape index (κ1) is 4.99. The highest BCUT2D eigenvalue weighted by atomic mass is 16.5. The monoisotopic (exact) mass is 113 g/mol. The van der Waals surface area contributed by atoms with E-state index in [0.717, 1.165) is 12.3 Å². The van der Waals surface area contributed by atoms with Gasteiger partial charge >= 0.3 is 5.91 Å². The first-order valence-corrected chi connectivity index (χ1v) is 1.96. The van der Waals surface area contributed by atoms with Crippen molar-refractivity contribution in [3.05, 3.63) is 12.3 Å². The van der Waals surface area contributed by atoms with Crippen molar-refractivity contribution in [2.24, 2.45) is 0 Å². The van der Waals surface area contributed by atoms with E-state index in [9.17, 15) is 9.59 Å². The predicted octanol–water partition coefficient (Wildman–Crippen LogP) is -0.699. The fourth-order valence-electron chi connectivity index (χ4n) is 0.390. The van der Waals surface area contributed by atoms with Crippen LogP contribution in [-0.4, -0.2) is 22.0 Å². The minimum atomic E-state index is -0.898. The van der Waals surface area contributed by atoms with E-state index in [4.69, 9.17) is 5.21 Å². The van der Waals surface area contributed by atoms with Crippen LogP contribution in [0.5, 0.6) is 0 Å². The van der Waals surface area contributed by atoms with Gasteiger partial charge < -0.3 is 0 Å². The third kappa shape index (κ3) is 0.509. The molecule has 1 aliphatic rings. The van der Waals surface area contributed by atoms with E-state index in [2.05, 4.69) is 0 Å². The molecular formula is C4H3NO3. The van der Waals surface area contributed by atoms with Gasteiger partial charge in [0.25, 0.3) is 0 Å². The van der Waals surface area contributed by atoms with Crippen LogP contribution in [0.1, 0.15) is 0 Å². The largest absolute Gasteiger partial charge is 0.321 e. The van der Waals surface area contributed by atoms with Gasteiger partial charge in [0, 0.05) is 12.3 Å². The maximum Gasteiger partial charge on any atom is 0.321 e. The SMILES string of the molecule is O=C1C=CN(O)C1=O. The van der Waals surface area contributed by atoms with E-state index in [-0.39, 0.29) is 5.06 Å². The molecule has 0 unspecified atom stereocenters. The molecule has 1 amide bonds. The molecule has 42 valence electrons. The normalized spacial score (nSPS) is 18.4. The van der Waals surface area contributed by atoms with Gasteiger partial charge in [-0.2, -0.15) is 5.06 Å². The van der Waals surface area contributed by atoms with Crippen LogP contribution in [0.3, 0.4) is 0 Å². The van der Waals surface area contributed by atoms with Gasteiger partial charge in [0.15, 0.2) is 0 Å². The van der Waals surface area contributed by atoms with E-state index in [0.29, 0.717) is 0 Å². The lowest BCUT2D eigenvalue weighted by atomic mass is 10.4. The Morgan fingerprint density at radius 2 is 2.12 bits per heavy atom. The van der Waals surface area contributed by atoms with Crippen molar-refractivity contribution >= 4 is 11.7 Å². The van der Waals surface area contributed by atoms with Crippen LogP contribution in [0.4, 0.5) is 0 Å². The number of carbonyl (C=O) groups excluding carboxylic acids is 2. The Labute approximate surface area is 45.0 Å². The van der Waals surface area contributed by atoms with Crippen LogP contribution < -0.4 is 0 Å². The molecule has 0 aromatic rings. The summed E-state index contributed by atoms with van der Waals surface area (Å²) in [5.74, 6) is -1.59. The zero-order valence-corrected chi connectivity index (χ0v) is 3.87. The Kier molecular flexibility index (Phi) is 0.881.